The molecule has 0 bridgehead atoms. The Labute approximate surface area is 147 Å². The average molecular weight is 344 g/mol. The van der Waals surface area contributed by atoms with Crippen LogP contribution in [-0.2, 0) is 9.59 Å². The minimum Gasteiger partial charge on any atom is -0.335 e. The van der Waals surface area contributed by atoms with Gasteiger partial charge in [-0.05, 0) is 37.9 Å². The smallest absolute Gasteiger partial charge is 0.321 e. The molecular weight excluding hydrogens is 320 g/mol. The SMILES string of the molecule is CCN(CC(=O)NC(=O)NC1CC1)[C@H]1CCN(c2ccccc2)C1=O. The lowest BCUT2D eigenvalue weighted by Gasteiger charge is -2.26. The van der Waals surface area contributed by atoms with Crippen LogP contribution in [0.1, 0.15) is 26.2 Å². The Balaban J connectivity index is 1.56. The van der Waals surface area contributed by atoms with E-state index in [9.17, 15) is 14.4 Å². The summed E-state index contributed by atoms with van der Waals surface area (Å²) in [6.07, 6.45) is 2.60. The van der Waals surface area contributed by atoms with Crippen LogP contribution < -0.4 is 15.5 Å². The molecule has 2 fully saturated rings. The maximum Gasteiger partial charge on any atom is 0.321 e. The van der Waals surface area contributed by atoms with Crippen molar-refractivity contribution in [2.24, 2.45) is 0 Å². The van der Waals surface area contributed by atoms with Crippen LogP contribution in [0, 0.1) is 0 Å². The highest BCUT2D eigenvalue weighted by Gasteiger charge is 2.36. The van der Waals surface area contributed by atoms with E-state index in [1.807, 2.05) is 42.2 Å². The number of imide groups is 1. The Bertz CT molecular complexity index is 645. The zero-order chi connectivity index (χ0) is 17.8. The van der Waals surface area contributed by atoms with Crippen molar-refractivity contribution in [2.45, 2.75) is 38.3 Å². The largest absolute Gasteiger partial charge is 0.335 e. The first kappa shape index (κ1) is 17.4. The van der Waals surface area contributed by atoms with Crippen LogP contribution in [0.4, 0.5) is 10.5 Å². The molecule has 1 atom stereocenters. The molecule has 1 aliphatic heterocycles. The molecule has 0 radical (unpaired) electrons. The first-order chi connectivity index (χ1) is 12.1. The van der Waals surface area contributed by atoms with Gasteiger partial charge in [0, 0.05) is 18.3 Å². The molecule has 1 heterocycles. The molecule has 4 amide bonds. The van der Waals surface area contributed by atoms with Gasteiger partial charge in [-0.25, -0.2) is 4.79 Å². The van der Waals surface area contributed by atoms with E-state index in [0.717, 1.165) is 18.5 Å². The van der Waals surface area contributed by atoms with Gasteiger partial charge < -0.3 is 10.2 Å². The van der Waals surface area contributed by atoms with Crippen LogP contribution in [0.3, 0.4) is 0 Å². The number of amides is 4. The van der Waals surface area contributed by atoms with Gasteiger partial charge in [0.2, 0.25) is 11.8 Å². The average Bonchev–Trinajstić information content (AvgIpc) is 3.33. The highest BCUT2D eigenvalue weighted by atomic mass is 16.2. The zero-order valence-corrected chi connectivity index (χ0v) is 14.4. The number of para-hydroxylation sites is 1. The summed E-state index contributed by atoms with van der Waals surface area (Å²) in [5.74, 6) is -0.380. The number of hydrogen-bond acceptors (Lipinski definition) is 4. The first-order valence-electron chi connectivity index (χ1n) is 8.79. The lowest BCUT2D eigenvalue weighted by atomic mass is 10.2. The fourth-order valence-corrected chi connectivity index (χ4v) is 3.11. The maximum absolute atomic E-state index is 12.7. The number of hydrogen-bond donors (Lipinski definition) is 2. The second-order valence-corrected chi connectivity index (χ2v) is 6.49. The standard InChI is InChI=1S/C18H24N4O3/c1-2-21(12-16(23)20-18(25)19-13-8-9-13)15-10-11-22(17(15)24)14-6-4-3-5-7-14/h3-7,13,15H,2,8-12H2,1H3,(H2,19,20,23,25)/t15-/m0/s1. The number of benzene rings is 1. The third kappa shape index (κ3) is 4.36. The van der Waals surface area contributed by atoms with Gasteiger partial charge in [0.25, 0.3) is 0 Å². The quantitative estimate of drug-likeness (QED) is 0.810. The van der Waals surface area contributed by atoms with Crippen LogP contribution in [0.15, 0.2) is 30.3 Å². The van der Waals surface area contributed by atoms with Crippen molar-refractivity contribution in [1.29, 1.82) is 0 Å². The molecule has 2 aliphatic rings. The topological polar surface area (TPSA) is 81.8 Å². The van der Waals surface area contributed by atoms with Crippen molar-refractivity contribution in [3.63, 3.8) is 0 Å². The Morgan fingerprint density at radius 3 is 2.56 bits per heavy atom. The van der Waals surface area contributed by atoms with E-state index in [2.05, 4.69) is 10.6 Å². The molecule has 7 nitrogen and oxygen atoms in total. The van der Waals surface area contributed by atoms with Crippen LogP contribution in [0.2, 0.25) is 0 Å². The summed E-state index contributed by atoms with van der Waals surface area (Å²) >= 11 is 0. The molecule has 1 saturated heterocycles. The van der Waals surface area contributed by atoms with E-state index >= 15 is 0 Å². The number of carbonyl (C=O) groups excluding carboxylic acids is 3. The molecule has 0 spiro atoms. The fourth-order valence-electron chi connectivity index (χ4n) is 3.11. The second kappa shape index (κ2) is 7.65. The summed E-state index contributed by atoms with van der Waals surface area (Å²) < 4.78 is 0. The normalized spacial score (nSPS) is 20.0. The molecule has 0 aromatic heterocycles. The minimum atomic E-state index is -0.452. The number of nitrogens with one attached hydrogen (secondary N) is 2. The van der Waals surface area contributed by atoms with Gasteiger partial charge >= 0.3 is 6.03 Å². The number of rotatable bonds is 6. The molecular formula is C18H24N4O3. The summed E-state index contributed by atoms with van der Waals surface area (Å²) in [6.45, 7) is 3.15. The number of carbonyl (C=O) groups is 3. The molecule has 7 heteroatoms. The van der Waals surface area contributed by atoms with E-state index in [4.69, 9.17) is 0 Å². The van der Waals surface area contributed by atoms with Gasteiger partial charge in [-0.3, -0.25) is 19.8 Å². The number of urea groups is 1. The Kier molecular flexibility index (Phi) is 5.33. The molecule has 1 saturated carbocycles. The van der Waals surface area contributed by atoms with Crippen LogP contribution in [0.25, 0.3) is 0 Å². The molecule has 25 heavy (non-hydrogen) atoms. The van der Waals surface area contributed by atoms with E-state index in [1.54, 1.807) is 4.90 Å². The molecule has 1 aromatic rings. The third-order valence-electron chi connectivity index (χ3n) is 4.60. The van der Waals surface area contributed by atoms with Crippen molar-refractivity contribution in [3.8, 4) is 0 Å². The second-order valence-electron chi connectivity index (χ2n) is 6.49. The lowest BCUT2D eigenvalue weighted by Crippen LogP contribution is -2.49. The Hall–Kier alpha value is -2.41. The van der Waals surface area contributed by atoms with Gasteiger partial charge in [-0.2, -0.15) is 0 Å². The van der Waals surface area contributed by atoms with Crippen molar-refractivity contribution in [2.75, 3.05) is 24.5 Å². The van der Waals surface area contributed by atoms with Crippen molar-refractivity contribution >= 4 is 23.5 Å². The highest BCUT2D eigenvalue weighted by Crippen LogP contribution is 2.24. The van der Waals surface area contributed by atoms with Crippen molar-refractivity contribution in [3.05, 3.63) is 30.3 Å². The summed E-state index contributed by atoms with van der Waals surface area (Å²) in [5, 5.41) is 5.06. The Morgan fingerprint density at radius 2 is 1.92 bits per heavy atom. The van der Waals surface area contributed by atoms with Crippen LogP contribution >= 0.6 is 0 Å². The maximum atomic E-state index is 12.7. The van der Waals surface area contributed by atoms with Gasteiger partial charge in [0.05, 0.1) is 12.6 Å². The van der Waals surface area contributed by atoms with Crippen molar-refractivity contribution in [1.82, 2.24) is 15.5 Å². The van der Waals surface area contributed by atoms with Gasteiger partial charge in [0.1, 0.15) is 0 Å². The highest BCUT2D eigenvalue weighted by molar-refractivity contribution is 6.00. The van der Waals surface area contributed by atoms with Gasteiger partial charge in [-0.15, -0.1) is 0 Å². The number of nitrogens with zero attached hydrogens (tertiary/aromatic N) is 2. The van der Waals surface area contributed by atoms with E-state index < -0.39 is 6.03 Å². The molecule has 3 rings (SSSR count). The summed E-state index contributed by atoms with van der Waals surface area (Å²) in [7, 11) is 0. The monoisotopic (exact) mass is 344 g/mol. The van der Waals surface area contributed by atoms with Gasteiger partial charge in [0.15, 0.2) is 0 Å². The summed E-state index contributed by atoms with van der Waals surface area (Å²) in [6, 6.07) is 8.95. The Morgan fingerprint density at radius 1 is 1.20 bits per heavy atom. The zero-order valence-electron chi connectivity index (χ0n) is 14.4. The van der Waals surface area contributed by atoms with Crippen LogP contribution in [-0.4, -0.2) is 54.5 Å². The van der Waals surface area contributed by atoms with E-state index in [0.29, 0.717) is 19.5 Å². The summed E-state index contributed by atoms with van der Waals surface area (Å²) in [5.41, 5.74) is 0.874. The molecule has 0 unspecified atom stereocenters. The van der Waals surface area contributed by atoms with Crippen molar-refractivity contribution < 1.29 is 14.4 Å². The predicted octanol–water partition coefficient (Wildman–Crippen LogP) is 1.10. The van der Waals surface area contributed by atoms with Crippen LogP contribution in [0.5, 0.6) is 0 Å². The fraction of sp³-hybridized carbons (Fsp3) is 0.500. The third-order valence-corrected chi connectivity index (χ3v) is 4.60. The lowest BCUT2D eigenvalue weighted by molar-refractivity contribution is -0.125. The molecule has 1 aliphatic carbocycles. The van der Waals surface area contributed by atoms with E-state index in [-0.39, 0.29) is 30.4 Å². The van der Waals surface area contributed by atoms with E-state index in [1.165, 1.54) is 0 Å². The first-order valence-corrected chi connectivity index (χ1v) is 8.79. The predicted molar refractivity (Wildman–Crippen MR) is 94.1 cm³/mol. The number of anilines is 1. The molecule has 134 valence electrons. The molecule has 1 aromatic carbocycles. The van der Waals surface area contributed by atoms with Gasteiger partial charge in [-0.1, -0.05) is 25.1 Å². The summed E-state index contributed by atoms with van der Waals surface area (Å²) in [4.78, 5) is 40.1. The minimum absolute atomic E-state index is 0.00304. The molecule has 2 N–H and O–H groups in total. The number of likely N-dealkylation sites (N-methyl/N-ethyl adjacent to an activating group) is 1.